The van der Waals surface area contributed by atoms with Crippen LogP contribution >= 0.6 is 0 Å². The largest absolute Gasteiger partial charge is 0.377 e. The molecule has 0 radical (unpaired) electrons. The van der Waals surface area contributed by atoms with Gasteiger partial charge in [0.25, 0.3) is 0 Å². The van der Waals surface area contributed by atoms with Gasteiger partial charge in [-0.05, 0) is 31.4 Å². The van der Waals surface area contributed by atoms with Gasteiger partial charge in [0.1, 0.15) is 0 Å². The molecule has 0 spiro atoms. The summed E-state index contributed by atoms with van der Waals surface area (Å²) in [6.45, 7) is 7.00. The van der Waals surface area contributed by atoms with Gasteiger partial charge in [0.2, 0.25) is 5.91 Å². The van der Waals surface area contributed by atoms with E-state index in [2.05, 4.69) is 39.9 Å². The van der Waals surface area contributed by atoms with Crippen molar-refractivity contribution in [2.75, 3.05) is 27.2 Å². The van der Waals surface area contributed by atoms with Crippen molar-refractivity contribution in [2.24, 2.45) is 4.99 Å². The molecule has 1 aromatic carbocycles. The molecule has 0 saturated carbocycles. The molecule has 0 unspecified atom stereocenters. The summed E-state index contributed by atoms with van der Waals surface area (Å²) >= 11 is 0. The summed E-state index contributed by atoms with van der Waals surface area (Å²) in [7, 11) is 3.46. The molecule has 1 amide bonds. The maximum Gasteiger partial charge on any atom is 0.222 e. The number of methoxy groups -OCH3 is 1. The Morgan fingerprint density at radius 3 is 2.48 bits per heavy atom. The van der Waals surface area contributed by atoms with E-state index >= 15 is 0 Å². The number of hydrogen-bond acceptors (Lipinski definition) is 3. The topological polar surface area (TPSA) is 66.0 Å². The monoisotopic (exact) mass is 346 g/mol. The number of benzene rings is 1. The van der Waals surface area contributed by atoms with E-state index in [-0.39, 0.29) is 11.5 Å². The lowest BCUT2D eigenvalue weighted by molar-refractivity contribution is -0.128. The van der Waals surface area contributed by atoms with Crippen LogP contribution in [0.4, 0.5) is 0 Å². The number of guanidine groups is 1. The van der Waals surface area contributed by atoms with Crippen LogP contribution in [-0.4, -0.2) is 49.6 Å². The van der Waals surface area contributed by atoms with Crippen LogP contribution in [0.3, 0.4) is 0 Å². The summed E-state index contributed by atoms with van der Waals surface area (Å²) in [6.07, 6.45) is 1.67. The summed E-state index contributed by atoms with van der Waals surface area (Å²) in [5.74, 6) is 1.01. The van der Waals surface area contributed by atoms with Gasteiger partial charge in [-0.1, -0.05) is 24.3 Å². The minimum absolute atomic E-state index is 0.244. The van der Waals surface area contributed by atoms with E-state index in [4.69, 9.17) is 4.74 Å². The summed E-state index contributed by atoms with van der Waals surface area (Å²) in [4.78, 5) is 17.9. The van der Waals surface area contributed by atoms with Crippen LogP contribution in [0.2, 0.25) is 0 Å². The van der Waals surface area contributed by atoms with Gasteiger partial charge in [0.15, 0.2) is 5.96 Å². The Kier molecular flexibility index (Phi) is 6.82. The molecule has 1 aromatic rings. The van der Waals surface area contributed by atoms with Crippen molar-refractivity contribution in [3.05, 3.63) is 35.4 Å². The number of aliphatic imine (C=N–C) groups is 1. The fraction of sp³-hybridized carbons (Fsp3) is 0.579. The number of nitrogens with one attached hydrogen (secondary N) is 2. The Labute approximate surface area is 150 Å². The minimum Gasteiger partial charge on any atom is -0.377 e. The van der Waals surface area contributed by atoms with Gasteiger partial charge < -0.3 is 20.3 Å². The highest BCUT2D eigenvalue weighted by Crippen LogP contribution is 2.14. The average Bonchev–Trinajstić information content (AvgIpc) is 3.01. The van der Waals surface area contributed by atoms with Crippen molar-refractivity contribution in [3.63, 3.8) is 0 Å². The van der Waals surface area contributed by atoms with E-state index in [1.807, 2.05) is 18.7 Å². The van der Waals surface area contributed by atoms with Crippen molar-refractivity contribution in [1.82, 2.24) is 15.5 Å². The molecule has 1 heterocycles. The van der Waals surface area contributed by atoms with E-state index in [9.17, 15) is 4.79 Å². The van der Waals surface area contributed by atoms with E-state index in [0.29, 0.717) is 26.1 Å². The van der Waals surface area contributed by atoms with E-state index < -0.39 is 0 Å². The van der Waals surface area contributed by atoms with Crippen molar-refractivity contribution < 1.29 is 9.53 Å². The molecule has 6 nitrogen and oxygen atoms in total. The first-order valence-corrected chi connectivity index (χ1v) is 8.79. The first kappa shape index (κ1) is 19.2. The van der Waals surface area contributed by atoms with Gasteiger partial charge in [-0.3, -0.25) is 9.79 Å². The highest BCUT2D eigenvalue weighted by molar-refractivity contribution is 5.79. The molecular weight excluding hydrogens is 316 g/mol. The first-order valence-electron chi connectivity index (χ1n) is 8.79. The van der Waals surface area contributed by atoms with Gasteiger partial charge >= 0.3 is 0 Å². The molecule has 2 N–H and O–H groups in total. The molecule has 25 heavy (non-hydrogen) atoms. The number of rotatable bonds is 7. The second-order valence-corrected chi connectivity index (χ2v) is 6.98. The maximum absolute atomic E-state index is 11.7. The lowest BCUT2D eigenvalue weighted by atomic mass is 10.1. The molecule has 0 atom stereocenters. The molecule has 138 valence electrons. The van der Waals surface area contributed by atoms with E-state index in [1.165, 1.54) is 11.1 Å². The normalized spacial score (nSPS) is 15.6. The molecule has 0 aromatic heterocycles. The van der Waals surface area contributed by atoms with Gasteiger partial charge in [-0.25, -0.2) is 0 Å². The molecular formula is C19H30N4O2. The van der Waals surface area contributed by atoms with Crippen LogP contribution in [0, 0.1) is 0 Å². The van der Waals surface area contributed by atoms with Crippen LogP contribution in [0.5, 0.6) is 0 Å². The Bertz CT molecular complexity index is 596. The number of hydrogen-bond donors (Lipinski definition) is 2. The number of carbonyl (C=O) groups is 1. The Morgan fingerprint density at radius 2 is 1.92 bits per heavy atom. The van der Waals surface area contributed by atoms with Crippen LogP contribution in [-0.2, 0) is 22.6 Å². The van der Waals surface area contributed by atoms with Gasteiger partial charge in [-0.15, -0.1) is 0 Å². The van der Waals surface area contributed by atoms with Crippen molar-refractivity contribution >= 4 is 11.9 Å². The molecule has 1 aliphatic rings. The third kappa shape index (κ3) is 6.05. The van der Waals surface area contributed by atoms with E-state index in [0.717, 1.165) is 18.9 Å². The van der Waals surface area contributed by atoms with Crippen LogP contribution in [0.25, 0.3) is 0 Å². The molecule has 1 fully saturated rings. The molecule has 0 bridgehead atoms. The number of carbonyl (C=O) groups excluding carboxylic acids is 1. The smallest absolute Gasteiger partial charge is 0.222 e. The zero-order valence-corrected chi connectivity index (χ0v) is 15.8. The quantitative estimate of drug-likeness (QED) is 0.585. The van der Waals surface area contributed by atoms with Gasteiger partial charge in [0, 0.05) is 46.8 Å². The van der Waals surface area contributed by atoms with Gasteiger partial charge in [0.05, 0.1) is 5.60 Å². The summed E-state index contributed by atoms with van der Waals surface area (Å²) in [6, 6.07) is 8.37. The standard InChI is InChI=1S/C19H30N4O2/c1-19(2,25-4)14-22-18(20-3)21-12-15-7-9-16(10-8-15)13-23-11-5-6-17(23)24/h7-10H,5-6,11-14H2,1-4H3,(H2,20,21,22). The molecule has 1 aliphatic heterocycles. The molecule has 2 rings (SSSR count). The average molecular weight is 346 g/mol. The summed E-state index contributed by atoms with van der Waals surface area (Å²) in [5.41, 5.74) is 2.10. The third-order valence-electron chi connectivity index (χ3n) is 4.49. The number of likely N-dealkylation sites (tertiary alicyclic amines) is 1. The lowest BCUT2D eigenvalue weighted by Crippen LogP contribution is -2.45. The number of ether oxygens (including phenoxy) is 1. The fourth-order valence-electron chi connectivity index (χ4n) is 2.63. The van der Waals surface area contributed by atoms with Crippen LogP contribution in [0.15, 0.2) is 29.3 Å². The highest BCUT2D eigenvalue weighted by atomic mass is 16.5. The zero-order valence-electron chi connectivity index (χ0n) is 15.8. The highest BCUT2D eigenvalue weighted by Gasteiger charge is 2.20. The van der Waals surface area contributed by atoms with Crippen molar-refractivity contribution in [2.45, 2.75) is 45.4 Å². The lowest BCUT2D eigenvalue weighted by Gasteiger charge is -2.24. The fourth-order valence-corrected chi connectivity index (χ4v) is 2.63. The van der Waals surface area contributed by atoms with Crippen LogP contribution < -0.4 is 10.6 Å². The second kappa shape index (κ2) is 8.85. The van der Waals surface area contributed by atoms with Crippen LogP contribution in [0.1, 0.15) is 37.8 Å². The minimum atomic E-state index is -0.244. The van der Waals surface area contributed by atoms with Crippen molar-refractivity contribution in [1.29, 1.82) is 0 Å². The Morgan fingerprint density at radius 1 is 1.24 bits per heavy atom. The number of amides is 1. The van der Waals surface area contributed by atoms with Crippen molar-refractivity contribution in [3.8, 4) is 0 Å². The predicted molar refractivity (Wildman–Crippen MR) is 100 cm³/mol. The maximum atomic E-state index is 11.7. The zero-order chi connectivity index (χ0) is 18.3. The molecule has 6 heteroatoms. The van der Waals surface area contributed by atoms with Gasteiger partial charge in [-0.2, -0.15) is 0 Å². The van der Waals surface area contributed by atoms with E-state index in [1.54, 1.807) is 14.2 Å². The second-order valence-electron chi connectivity index (χ2n) is 6.98. The SMILES string of the molecule is CN=C(NCc1ccc(CN2CCCC2=O)cc1)NCC(C)(C)OC. The number of nitrogens with zero attached hydrogens (tertiary/aromatic N) is 2. The molecule has 0 aliphatic carbocycles. The summed E-state index contributed by atoms with van der Waals surface area (Å²) < 4.78 is 5.40. The Balaban J connectivity index is 1.81. The molecule has 1 saturated heterocycles. The third-order valence-corrected chi connectivity index (χ3v) is 4.49. The Hall–Kier alpha value is -2.08. The first-order chi connectivity index (χ1) is 11.9. The summed E-state index contributed by atoms with van der Waals surface area (Å²) in [5, 5.41) is 6.57. The predicted octanol–water partition coefficient (Wildman–Crippen LogP) is 1.90.